The molecule has 0 aromatic carbocycles. The van der Waals surface area contributed by atoms with Crippen molar-refractivity contribution in [3.05, 3.63) is 36.5 Å². The Morgan fingerprint density at radius 2 is 0.922 bits per heavy atom. The molecule has 1 aliphatic heterocycles. The molecular formula is C48H89NO2. The van der Waals surface area contributed by atoms with Crippen LogP contribution in [0.5, 0.6) is 0 Å². The molecule has 0 aromatic heterocycles. The third-order valence-corrected chi connectivity index (χ3v) is 11.9. The van der Waals surface area contributed by atoms with Crippen LogP contribution >= 0.6 is 0 Å². The molecule has 2 rings (SSSR count). The molecule has 2 atom stereocenters. The van der Waals surface area contributed by atoms with Crippen LogP contribution in [0.2, 0.25) is 0 Å². The molecule has 1 saturated carbocycles. The van der Waals surface area contributed by atoms with Crippen LogP contribution in [0.3, 0.4) is 0 Å². The topological polar surface area (TPSA) is 21.7 Å². The molecule has 0 spiro atoms. The second-order valence-corrected chi connectivity index (χ2v) is 16.9. The van der Waals surface area contributed by atoms with Gasteiger partial charge in [0, 0.05) is 18.9 Å². The molecule has 0 amide bonds. The highest BCUT2D eigenvalue weighted by Gasteiger charge is 2.41. The molecule has 3 nitrogen and oxygen atoms in total. The molecule has 1 saturated heterocycles. The maximum absolute atomic E-state index is 6.92. The van der Waals surface area contributed by atoms with E-state index in [1.54, 1.807) is 0 Å². The number of unbranched alkanes of at least 4 members (excludes halogenated alkanes) is 21. The van der Waals surface area contributed by atoms with Gasteiger partial charge in [0.1, 0.15) is 0 Å². The van der Waals surface area contributed by atoms with E-state index >= 15 is 0 Å². The molecule has 1 heterocycles. The second-order valence-electron chi connectivity index (χ2n) is 16.9. The molecular weight excluding hydrogens is 623 g/mol. The first kappa shape index (κ1) is 46.3. The quantitative estimate of drug-likeness (QED) is 0.0490. The molecule has 2 fully saturated rings. The van der Waals surface area contributed by atoms with Crippen molar-refractivity contribution in [2.75, 3.05) is 20.7 Å². The van der Waals surface area contributed by atoms with Gasteiger partial charge in [-0.25, -0.2) is 0 Å². The van der Waals surface area contributed by atoms with Gasteiger partial charge in [0.15, 0.2) is 5.79 Å². The van der Waals surface area contributed by atoms with Crippen molar-refractivity contribution < 1.29 is 9.47 Å². The van der Waals surface area contributed by atoms with Crippen molar-refractivity contribution in [3.63, 3.8) is 0 Å². The lowest BCUT2D eigenvalue weighted by atomic mass is 9.82. The maximum atomic E-state index is 6.92. The van der Waals surface area contributed by atoms with Crippen LogP contribution in [0, 0.1) is 5.92 Å². The molecule has 51 heavy (non-hydrogen) atoms. The molecule has 1 aliphatic carbocycles. The molecule has 0 radical (unpaired) electrons. The van der Waals surface area contributed by atoms with Gasteiger partial charge >= 0.3 is 0 Å². The fourth-order valence-electron chi connectivity index (χ4n) is 8.41. The third-order valence-electron chi connectivity index (χ3n) is 11.9. The van der Waals surface area contributed by atoms with Crippen LogP contribution in [0.1, 0.15) is 226 Å². The molecule has 2 unspecified atom stereocenters. The van der Waals surface area contributed by atoms with E-state index in [2.05, 4.69) is 69.3 Å². The van der Waals surface area contributed by atoms with Gasteiger partial charge in [-0.1, -0.05) is 147 Å². The fraction of sp³-hybridized carbons (Fsp3) is 0.875. The van der Waals surface area contributed by atoms with Crippen LogP contribution in [-0.4, -0.2) is 43.5 Å². The summed E-state index contributed by atoms with van der Waals surface area (Å²) < 4.78 is 13.6. The Bertz CT molecular complexity index is 840. The van der Waals surface area contributed by atoms with Crippen molar-refractivity contribution >= 4 is 0 Å². The Hall–Kier alpha value is -0.900. The van der Waals surface area contributed by atoms with Gasteiger partial charge in [-0.15, -0.1) is 0 Å². The maximum Gasteiger partial charge on any atom is 0.168 e. The predicted molar refractivity (Wildman–Crippen MR) is 226 cm³/mol. The average molecular weight is 712 g/mol. The zero-order valence-electron chi connectivity index (χ0n) is 35.0. The SMILES string of the molecule is CCCCCC=CCC=CCCCCCCCCC1(CCCCCCCCC=CCCCCCCCC)OCC(CC2CCC(N(C)C)CC2)O1. The van der Waals surface area contributed by atoms with E-state index in [1.165, 1.54) is 193 Å². The van der Waals surface area contributed by atoms with Gasteiger partial charge in [-0.05, 0) is 123 Å². The summed E-state index contributed by atoms with van der Waals surface area (Å²) in [5.74, 6) is 0.513. The van der Waals surface area contributed by atoms with Gasteiger partial charge < -0.3 is 14.4 Å². The highest BCUT2D eigenvalue weighted by atomic mass is 16.7. The third kappa shape index (κ3) is 24.9. The van der Waals surface area contributed by atoms with E-state index < -0.39 is 0 Å². The van der Waals surface area contributed by atoms with E-state index in [-0.39, 0.29) is 5.79 Å². The standard InChI is InChI=1S/C48H89NO2/c1-5-7-9-11-13-15-17-19-21-23-25-27-29-31-33-35-41-48(50-44-47(51-48)43-45-37-39-46(40-38-45)49(3)4)42-36-34-32-30-28-26-24-22-20-18-16-14-12-10-8-6-2/h13,15,19-22,45-47H,5-12,14,16-18,23-44H2,1-4H3. The summed E-state index contributed by atoms with van der Waals surface area (Å²) in [4.78, 5) is 2.43. The number of hydrogen-bond acceptors (Lipinski definition) is 3. The predicted octanol–water partition coefficient (Wildman–Crippen LogP) is 15.2. The number of ether oxygens (including phenoxy) is 2. The minimum atomic E-state index is -0.304. The molecule has 0 aromatic rings. The van der Waals surface area contributed by atoms with Crippen molar-refractivity contribution in [2.45, 2.75) is 244 Å². The molecule has 2 aliphatic rings. The number of nitrogens with zero attached hydrogens (tertiary/aromatic N) is 1. The summed E-state index contributed by atoms with van der Waals surface area (Å²) in [6.45, 7) is 5.39. The van der Waals surface area contributed by atoms with E-state index in [0.29, 0.717) is 6.10 Å². The average Bonchev–Trinajstić information content (AvgIpc) is 3.53. The number of allylic oxidation sites excluding steroid dienone is 6. The Kier molecular flexibility index (Phi) is 29.5. The largest absolute Gasteiger partial charge is 0.347 e. The minimum Gasteiger partial charge on any atom is -0.347 e. The highest BCUT2D eigenvalue weighted by molar-refractivity contribution is 4.92. The van der Waals surface area contributed by atoms with Crippen molar-refractivity contribution in [1.29, 1.82) is 0 Å². The lowest BCUT2D eigenvalue weighted by molar-refractivity contribution is -0.181. The van der Waals surface area contributed by atoms with Gasteiger partial charge in [0.25, 0.3) is 0 Å². The smallest absolute Gasteiger partial charge is 0.168 e. The first-order valence-corrected chi connectivity index (χ1v) is 23.0. The van der Waals surface area contributed by atoms with E-state index in [9.17, 15) is 0 Å². The van der Waals surface area contributed by atoms with Crippen LogP contribution in [0.25, 0.3) is 0 Å². The lowest BCUT2D eigenvalue weighted by Gasteiger charge is -2.34. The van der Waals surface area contributed by atoms with Gasteiger partial charge in [-0.3, -0.25) is 0 Å². The molecule has 0 N–H and O–H groups in total. The van der Waals surface area contributed by atoms with Crippen molar-refractivity contribution in [3.8, 4) is 0 Å². The van der Waals surface area contributed by atoms with Gasteiger partial charge in [0.05, 0.1) is 12.7 Å². The monoisotopic (exact) mass is 712 g/mol. The Morgan fingerprint density at radius 1 is 0.510 bits per heavy atom. The summed E-state index contributed by atoms with van der Waals surface area (Å²) in [6, 6.07) is 0.774. The Balaban J connectivity index is 1.60. The first-order chi connectivity index (χ1) is 25.1. The normalized spacial score (nSPS) is 22.9. The molecule has 3 heteroatoms. The zero-order chi connectivity index (χ0) is 36.5. The number of hydrogen-bond donors (Lipinski definition) is 0. The summed E-state index contributed by atoms with van der Waals surface area (Å²) in [6.07, 6.45) is 58.1. The summed E-state index contributed by atoms with van der Waals surface area (Å²) in [5, 5.41) is 0. The number of rotatable bonds is 34. The lowest BCUT2D eigenvalue weighted by Crippen LogP contribution is -2.34. The summed E-state index contributed by atoms with van der Waals surface area (Å²) in [7, 11) is 4.49. The summed E-state index contributed by atoms with van der Waals surface area (Å²) >= 11 is 0. The van der Waals surface area contributed by atoms with E-state index in [1.807, 2.05) is 0 Å². The Morgan fingerprint density at radius 3 is 1.41 bits per heavy atom. The van der Waals surface area contributed by atoms with E-state index in [4.69, 9.17) is 9.47 Å². The van der Waals surface area contributed by atoms with Crippen molar-refractivity contribution in [1.82, 2.24) is 4.90 Å². The van der Waals surface area contributed by atoms with Crippen LogP contribution in [-0.2, 0) is 9.47 Å². The first-order valence-electron chi connectivity index (χ1n) is 23.0. The fourth-order valence-corrected chi connectivity index (χ4v) is 8.41. The minimum absolute atomic E-state index is 0.304. The highest BCUT2D eigenvalue weighted by Crippen LogP contribution is 2.39. The van der Waals surface area contributed by atoms with E-state index in [0.717, 1.165) is 37.8 Å². The zero-order valence-corrected chi connectivity index (χ0v) is 35.0. The second kappa shape index (κ2) is 32.5. The van der Waals surface area contributed by atoms with Gasteiger partial charge in [0.2, 0.25) is 0 Å². The van der Waals surface area contributed by atoms with Crippen LogP contribution in [0.15, 0.2) is 36.5 Å². The van der Waals surface area contributed by atoms with Crippen molar-refractivity contribution in [2.24, 2.45) is 5.92 Å². The van der Waals surface area contributed by atoms with Gasteiger partial charge in [-0.2, -0.15) is 0 Å². The molecule has 298 valence electrons. The molecule has 0 bridgehead atoms. The Labute approximate surface area is 320 Å². The van der Waals surface area contributed by atoms with Crippen LogP contribution in [0.4, 0.5) is 0 Å². The van der Waals surface area contributed by atoms with Crippen LogP contribution < -0.4 is 0 Å². The summed E-state index contributed by atoms with van der Waals surface area (Å²) in [5.41, 5.74) is 0.